The molecule has 2 N–H and O–H groups in total. The zero-order chi connectivity index (χ0) is 22.2. The van der Waals surface area contributed by atoms with Crippen LogP contribution < -0.4 is 15.5 Å². The molecule has 166 valence electrons. The maximum Gasteiger partial charge on any atom is 0.251 e. The number of carbonyl (C=O) groups excluding carboxylic acids is 2. The number of amides is 2. The number of hydrogen-bond donors (Lipinski definition) is 2. The number of rotatable bonds is 8. The smallest absolute Gasteiger partial charge is 0.251 e. The average Bonchev–Trinajstić information content (AvgIpc) is 2.77. The summed E-state index contributed by atoms with van der Waals surface area (Å²) >= 11 is 1.66. The van der Waals surface area contributed by atoms with E-state index >= 15 is 0 Å². The topological polar surface area (TPSA) is 61.4 Å². The molecule has 2 amide bonds. The molecule has 1 fully saturated rings. The highest BCUT2D eigenvalue weighted by molar-refractivity contribution is 7.98. The second-order valence-electron chi connectivity index (χ2n) is 8.38. The molecule has 1 saturated heterocycles. The SMILES string of the molecule is CSCCC(NC(=O)c1cccc(C)c1)C(=O)Nc1ccc(N2CCC(C)CC2)cc1. The molecule has 5 nitrogen and oxygen atoms in total. The minimum Gasteiger partial charge on any atom is -0.372 e. The Hall–Kier alpha value is -2.47. The van der Waals surface area contributed by atoms with E-state index in [1.54, 1.807) is 17.8 Å². The molecule has 0 bridgehead atoms. The molecular formula is C25H33N3O2S. The van der Waals surface area contributed by atoms with Gasteiger partial charge in [0.15, 0.2) is 0 Å². The van der Waals surface area contributed by atoms with Gasteiger partial charge in [0.2, 0.25) is 5.91 Å². The third-order valence-electron chi connectivity index (χ3n) is 5.80. The van der Waals surface area contributed by atoms with E-state index in [4.69, 9.17) is 0 Å². The lowest BCUT2D eigenvalue weighted by Crippen LogP contribution is -2.44. The molecule has 31 heavy (non-hydrogen) atoms. The average molecular weight is 440 g/mol. The lowest BCUT2D eigenvalue weighted by atomic mass is 9.99. The number of anilines is 2. The number of nitrogens with one attached hydrogen (secondary N) is 2. The third-order valence-corrected chi connectivity index (χ3v) is 6.44. The van der Waals surface area contributed by atoms with Crippen LogP contribution >= 0.6 is 11.8 Å². The minimum absolute atomic E-state index is 0.186. The van der Waals surface area contributed by atoms with Crippen molar-refractivity contribution >= 4 is 35.0 Å². The van der Waals surface area contributed by atoms with Crippen molar-refractivity contribution in [1.29, 1.82) is 0 Å². The summed E-state index contributed by atoms with van der Waals surface area (Å²) in [7, 11) is 0. The van der Waals surface area contributed by atoms with Crippen LogP contribution in [-0.4, -0.2) is 43.0 Å². The monoisotopic (exact) mass is 439 g/mol. The molecule has 1 aliphatic heterocycles. The molecule has 0 aliphatic carbocycles. The second kappa shape index (κ2) is 11.2. The Bertz CT molecular complexity index is 877. The first kappa shape index (κ1) is 23.2. The quantitative estimate of drug-likeness (QED) is 0.625. The highest BCUT2D eigenvalue weighted by atomic mass is 32.2. The van der Waals surface area contributed by atoms with E-state index < -0.39 is 6.04 Å². The fourth-order valence-corrected chi connectivity index (χ4v) is 4.26. The van der Waals surface area contributed by atoms with Crippen LogP contribution in [0.3, 0.4) is 0 Å². The van der Waals surface area contributed by atoms with Crippen molar-refractivity contribution in [1.82, 2.24) is 5.32 Å². The minimum atomic E-state index is -0.580. The van der Waals surface area contributed by atoms with Crippen molar-refractivity contribution in [2.45, 2.75) is 39.2 Å². The normalized spacial score (nSPS) is 15.4. The van der Waals surface area contributed by atoms with Gasteiger partial charge in [0.25, 0.3) is 5.91 Å². The standard InChI is InChI=1S/C25H33N3O2S/c1-18-11-14-28(15-12-18)22-9-7-21(8-10-22)26-25(30)23(13-16-31-3)27-24(29)20-6-4-5-19(2)17-20/h4-10,17-18,23H,11-16H2,1-3H3,(H,26,30)(H,27,29). The van der Waals surface area contributed by atoms with Crippen LogP contribution in [0.2, 0.25) is 0 Å². The summed E-state index contributed by atoms with van der Waals surface area (Å²) in [6, 6.07) is 14.8. The van der Waals surface area contributed by atoms with E-state index in [0.29, 0.717) is 12.0 Å². The van der Waals surface area contributed by atoms with Gasteiger partial charge in [-0.25, -0.2) is 0 Å². The highest BCUT2D eigenvalue weighted by Gasteiger charge is 2.22. The van der Waals surface area contributed by atoms with Crippen molar-refractivity contribution in [2.24, 2.45) is 5.92 Å². The Morgan fingerprint density at radius 3 is 2.48 bits per heavy atom. The number of hydrogen-bond acceptors (Lipinski definition) is 4. The van der Waals surface area contributed by atoms with Gasteiger partial charge in [-0.05, 0) is 80.5 Å². The van der Waals surface area contributed by atoms with E-state index in [9.17, 15) is 9.59 Å². The van der Waals surface area contributed by atoms with Crippen LogP contribution in [0.5, 0.6) is 0 Å². The Kier molecular flexibility index (Phi) is 8.41. The molecule has 2 aromatic carbocycles. The Morgan fingerprint density at radius 1 is 1.13 bits per heavy atom. The Morgan fingerprint density at radius 2 is 1.84 bits per heavy atom. The van der Waals surface area contributed by atoms with Crippen LogP contribution in [-0.2, 0) is 4.79 Å². The van der Waals surface area contributed by atoms with E-state index in [1.165, 1.54) is 18.5 Å². The molecule has 3 rings (SSSR count). The number of benzene rings is 2. The first-order chi connectivity index (χ1) is 15.0. The first-order valence-corrected chi connectivity index (χ1v) is 12.4. The van der Waals surface area contributed by atoms with Gasteiger partial charge in [0.05, 0.1) is 0 Å². The van der Waals surface area contributed by atoms with Crippen LogP contribution in [0.15, 0.2) is 48.5 Å². The number of thioether (sulfide) groups is 1. The summed E-state index contributed by atoms with van der Waals surface area (Å²) in [5.74, 6) is 1.18. The molecule has 1 atom stereocenters. The zero-order valence-electron chi connectivity index (χ0n) is 18.7. The van der Waals surface area contributed by atoms with E-state index in [0.717, 1.165) is 36.0 Å². The van der Waals surface area contributed by atoms with Crippen molar-refractivity contribution in [2.75, 3.05) is 35.3 Å². The van der Waals surface area contributed by atoms with E-state index in [1.807, 2.05) is 43.5 Å². The maximum absolute atomic E-state index is 12.9. The van der Waals surface area contributed by atoms with Gasteiger partial charge in [-0.1, -0.05) is 24.6 Å². The molecule has 1 heterocycles. The summed E-state index contributed by atoms with van der Waals surface area (Å²) in [5, 5.41) is 5.88. The van der Waals surface area contributed by atoms with Gasteiger partial charge >= 0.3 is 0 Å². The number of nitrogens with zero attached hydrogens (tertiary/aromatic N) is 1. The maximum atomic E-state index is 12.9. The molecule has 1 unspecified atom stereocenters. The highest BCUT2D eigenvalue weighted by Crippen LogP contribution is 2.24. The van der Waals surface area contributed by atoms with E-state index in [-0.39, 0.29) is 11.8 Å². The fourth-order valence-electron chi connectivity index (χ4n) is 3.78. The molecule has 0 saturated carbocycles. The van der Waals surface area contributed by atoms with Crippen molar-refractivity contribution in [3.63, 3.8) is 0 Å². The molecule has 6 heteroatoms. The van der Waals surface area contributed by atoms with Gasteiger partial charge in [-0.2, -0.15) is 11.8 Å². The second-order valence-corrected chi connectivity index (χ2v) is 9.37. The van der Waals surface area contributed by atoms with E-state index in [2.05, 4.69) is 34.6 Å². The van der Waals surface area contributed by atoms with Gasteiger partial charge < -0.3 is 15.5 Å². The largest absolute Gasteiger partial charge is 0.372 e. The zero-order valence-corrected chi connectivity index (χ0v) is 19.5. The lowest BCUT2D eigenvalue weighted by molar-refractivity contribution is -0.118. The van der Waals surface area contributed by atoms with Gasteiger partial charge in [-0.15, -0.1) is 0 Å². The fraction of sp³-hybridized carbons (Fsp3) is 0.440. The number of aryl methyl sites for hydroxylation is 1. The van der Waals surface area contributed by atoms with Gasteiger partial charge in [-0.3, -0.25) is 9.59 Å². The Labute approximate surface area is 190 Å². The molecule has 2 aromatic rings. The molecule has 1 aliphatic rings. The van der Waals surface area contributed by atoms with Gasteiger partial charge in [0, 0.05) is 30.0 Å². The third kappa shape index (κ3) is 6.76. The summed E-state index contributed by atoms with van der Waals surface area (Å²) in [6.45, 7) is 6.41. The molecule has 0 radical (unpaired) electrons. The molecular weight excluding hydrogens is 406 g/mol. The molecule has 0 aromatic heterocycles. The van der Waals surface area contributed by atoms with Crippen molar-refractivity contribution in [3.8, 4) is 0 Å². The first-order valence-electron chi connectivity index (χ1n) is 11.0. The predicted molar refractivity (Wildman–Crippen MR) is 131 cm³/mol. The summed E-state index contributed by atoms with van der Waals surface area (Å²) < 4.78 is 0. The lowest BCUT2D eigenvalue weighted by Gasteiger charge is -2.32. The Balaban J connectivity index is 1.62. The summed E-state index contributed by atoms with van der Waals surface area (Å²) in [5.41, 5.74) is 3.53. The van der Waals surface area contributed by atoms with Crippen LogP contribution in [0, 0.1) is 12.8 Å². The van der Waals surface area contributed by atoms with Crippen molar-refractivity contribution < 1.29 is 9.59 Å². The summed E-state index contributed by atoms with van der Waals surface area (Å²) in [6.07, 6.45) is 5.01. The van der Waals surface area contributed by atoms with Crippen LogP contribution in [0.25, 0.3) is 0 Å². The van der Waals surface area contributed by atoms with Crippen LogP contribution in [0.1, 0.15) is 42.1 Å². The van der Waals surface area contributed by atoms with Crippen molar-refractivity contribution in [3.05, 3.63) is 59.7 Å². The van der Waals surface area contributed by atoms with Gasteiger partial charge in [0.1, 0.15) is 6.04 Å². The van der Waals surface area contributed by atoms with Crippen LogP contribution in [0.4, 0.5) is 11.4 Å². The molecule has 0 spiro atoms. The predicted octanol–water partition coefficient (Wildman–Crippen LogP) is 4.72. The summed E-state index contributed by atoms with van der Waals surface area (Å²) in [4.78, 5) is 28.0. The number of carbonyl (C=O) groups is 2. The number of piperidine rings is 1.